The van der Waals surface area contributed by atoms with E-state index < -0.39 is 5.82 Å². The van der Waals surface area contributed by atoms with Crippen molar-refractivity contribution in [1.82, 2.24) is 15.5 Å². The number of halogens is 2. The zero-order valence-corrected chi connectivity index (χ0v) is 14.9. The molecule has 0 bridgehead atoms. The number of hydrogen-bond donors (Lipinski definition) is 3. The van der Waals surface area contributed by atoms with Crippen LogP contribution in [0.5, 0.6) is 0 Å². The quantitative estimate of drug-likeness (QED) is 0.641. The summed E-state index contributed by atoms with van der Waals surface area (Å²) in [6, 6.07) is 8.61. The predicted molar refractivity (Wildman–Crippen MR) is 104 cm³/mol. The molecule has 138 valence electrons. The van der Waals surface area contributed by atoms with Gasteiger partial charge in [-0.25, -0.2) is 8.78 Å². The van der Waals surface area contributed by atoms with Crippen molar-refractivity contribution >= 4 is 46.4 Å². The lowest BCUT2D eigenvalue weighted by atomic mass is 10.1. The molecule has 0 saturated carbocycles. The van der Waals surface area contributed by atoms with Crippen molar-refractivity contribution in [3.63, 3.8) is 0 Å². The van der Waals surface area contributed by atoms with Gasteiger partial charge in [-0.15, -0.1) is 11.8 Å². The predicted octanol–water partition coefficient (Wildman–Crippen LogP) is 3.61. The standard InChI is InChI=1S/C19H16F2N4OS/c20-12-4-1-11(2-5-12)3-6-15-13-7-17(14(21)8-16(13)25-24-15)23-19(26)18-9-27-10-22-18/h1-8,18,22H,9-10H2,(H,23,26)(H,24,25)/t18-/m0/s1. The normalized spacial score (nSPS) is 17.0. The zero-order valence-electron chi connectivity index (χ0n) is 14.1. The highest BCUT2D eigenvalue weighted by atomic mass is 32.2. The molecular formula is C19H16F2N4OS. The van der Waals surface area contributed by atoms with Crippen molar-refractivity contribution in [1.29, 1.82) is 0 Å². The molecule has 0 unspecified atom stereocenters. The highest BCUT2D eigenvalue weighted by Gasteiger charge is 2.23. The Bertz CT molecular complexity index is 1010. The SMILES string of the molecule is O=C(Nc1cc2c(C=Cc3ccc(F)cc3)n[nH]c2cc1F)[C@@H]1CSCN1. The number of carbonyl (C=O) groups is 1. The van der Waals surface area contributed by atoms with Gasteiger partial charge < -0.3 is 5.32 Å². The van der Waals surface area contributed by atoms with E-state index in [1.807, 2.05) is 0 Å². The molecule has 5 nitrogen and oxygen atoms in total. The van der Waals surface area contributed by atoms with E-state index in [1.54, 1.807) is 42.1 Å². The molecule has 1 amide bonds. The number of nitrogens with zero attached hydrogens (tertiary/aromatic N) is 1. The lowest BCUT2D eigenvalue weighted by molar-refractivity contribution is -0.117. The lowest BCUT2D eigenvalue weighted by Gasteiger charge is -2.11. The van der Waals surface area contributed by atoms with E-state index in [-0.39, 0.29) is 23.5 Å². The second-order valence-electron chi connectivity index (χ2n) is 6.13. The van der Waals surface area contributed by atoms with Crippen molar-refractivity contribution in [3.05, 3.63) is 59.3 Å². The molecule has 3 aromatic rings. The van der Waals surface area contributed by atoms with Crippen LogP contribution >= 0.6 is 11.8 Å². The van der Waals surface area contributed by atoms with Gasteiger partial charge in [0.2, 0.25) is 5.91 Å². The van der Waals surface area contributed by atoms with Gasteiger partial charge in [0, 0.05) is 23.1 Å². The van der Waals surface area contributed by atoms with Gasteiger partial charge in [0.05, 0.1) is 22.9 Å². The number of rotatable bonds is 4. The molecule has 1 atom stereocenters. The molecule has 1 saturated heterocycles. The number of amides is 1. The average molecular weight is 386 g/mol. The summed E-state index contributed by atoms with van der Waals surface area (Å²) in [6.45, 7) is 0. The van der Waals surface area contributed by atoms with Gasteiger partial charge in [-0.2, -0.15) is 5.10 Å². The molecule has 1 aliphatic heterocycles. The molecule has 2 aromatic carbocycles. The summed E-state index contributed by atoms with van der Waals surface area (Å²) in [4.78, 5) is 12.2. The first-order valence-electron chi connectivity index (χ1n) is 8.33. The second-order valence-corrected chi connectivity index (χ2v) is 7.16. The molecule has 4 rings (SSSR count). The van der Waals surface area contributed by atoms with E-state index in [0.717, 1.165) is 5.56 Å². The van der Waals surface area contributed by atoms with Crippen LogP contribution in [0, 0.1) is 11.6 Å². The van der Waals surface area contributed by atoms with E-state index in [1.165, 1.54) is 18.2 Å². The fourth-order valence-corrected chi connectivity index (χ4v) is 3.76. The fraction of sp³-hybridized carbons (Fsp3) is 0.158. The van der Waals surface area contributed by atoms with Crippen LogP contribution < -0.4 is 10.6 Å². The fourth-order valence-electron chi connectivity index (χ4n) is 2.81. The number of anilines is 1. The zero-order chi connectivity index (χ0) is 18.8. The Morgan fingerprint density at radius 1 is 1.22 bits per heavy atom. The molecule has 0 aliphatic carbocycles. The van der Waals surface area contributed by atoms with Crippen molar-refractivity contribution < 1.29 is 13.6 Å². The maximum atomic E-state index is 14.3. The van der Waals surface area contributed by atoms with Crippen molar-refractivity contribution in [3.8, 4) is 0 Å². The smallest absolute Gasteiger partial charge is 0.242 e. The Balaban J connectivity index is 1.61. The van der Waals surface area contributed by atoms with Crippen LogP contribution in [0.3, 0.4) is 0 Å². The van der Waals surface area contributed by atoms with E-state index in [2.05, 4.69) is 20.8 Å². The Morgan fingerprint density at radius 2 is 2.04 bits per heavy atom. The molecule has 3 N–H and O–H groups in total. The molecule has 0 spiro atoms. The molecule has 1 fully saturated rings. The maximum absolute atomic E-state index is 14.3. The van der Waals surface area contributed by atoms with Crippen molar-refractivity contribution in [2.45, 2.75) is 6.04 Å². The van der Waals surface area contributed by atoms with E-state index >= 15 is 0 Å². The first-order chi connectivity index (χ1) is 13.1. The van der Waals surface area contributed by atoms with Gasteiger partial charge in [-0.1, -0.05) is 18.2 Å². The van der Waals surface area contributed by atoms with Crippen LogP contribution in [-0.2, 0) is 4.79 Å². The van der Waals surface area contributed by atoms with Gasteiger partial charge in [0.1, 0.15) is 11.6 Å². The van der Waals surface area contributed by atoms with Crippen molar-refractivity contribution in [2.75, 3.05) is 16.9 Å². The maximum Gasteiger partial charge on any atom is 0.242 e. The van der Waals surface area contributed by atoms with Gasteiger partial charge >= 0.3 is 0 Å². The minimum atomic E-state index is -0.529. The van der Waals surface area contributed by atoms with Crippen molar-refractivity contribution in [2.24, 2.45) is 0 Å². The Kier molecular flexibility index (Phi) is 4.91. The number of aromatic amines is 1. The summed E-state index contributed by atoms with van der Waals surface area (Å²) in [7, 11) is 0. The largest absolute Gasteiger partial charge is 0.322 e. The summed E-state index contributed by atoms with van der Waals surface area (Å²) in [5.41, 5.74) is 2.05. The summed E-state index contributed by atoms with van der Waals surface area (Å²) in [5, 5.41) is 13.3. The van der Waals surface area contributed by atoms with Crippen LogP contribution in [0.15, 0.2) is 36.4 Å². The first kappa shape index (κ1) is 17.7. The molecule has 0 radical (unpaired) electrons. The van der Waals surface area contributed by atoms with Crippen LogP contribution in [0.4, 0.5) is 14.5 Å². The Hall–Kier alpha value is -2.71. The number of hydrogen-bond acceptors (Lipinski definition) is 4. The molecular weight excluding hydrogens is 370 g/mol. The van der Waals surface area contributed by atoms with Gasteiger partial charge in [-0.05, 0) is 29.8 Å². The number of fused-ring (bicyclic) bond motifs is 1. The number of aromatic nitrogens is 2. The van der Waals surface area contributed by atoms with Crippen LogP contribution in [0.2, 0.25) is 0 Å². The van der Waals surface area contributed by atoms with E-state index in [4.69, 9.17) is 0 Å². The molecule has 1 aromatic heterocycles. The summed E-state index contributed by atoms with van der Waals surface area (Å²) in [6.07, 6.45) is 3.54. The van der Waals surface area contributed by atoms with E-state index in [0.29, 0.717) is 28.2 Å². The third-order valence-electron chi connectivity index (χ3n) is 4.27. The highest BCUT2D eigenvalue weighted by molar-refractivity contribution is 7.99. The second kappa shape index (κ2) is 7.50. The number of benzene rings is 2. The minimum absolute atomic E-state index is 0.115. The monoisotopic (exact) mass is 386 g/mol. The highest BCUT2D eigenvalue weighted by Crippen LogP contribution is 2.26. The lowest BCUT2D eigenvalue weighted by Crippen LogP contribution is -2.37. The Morgan fingerprint density at radius 3 is 2.78 bits per heavy atom. The number of H-pyrrole nitrogens is 1. The molecule has 1 aliphatic rings. The summed E-state index contributed by atoms with van der Waals surface area (Å²) < 4.78 is 27.3. The van der Waals surface area contributed by atoms with Crippen LogP contribution in [-0.4, -0.2) is 33.8 Å². The number of nitrogens with one attached hydrogen (secondary N) is 3. The molecule has 27 heavy (non-hydrogen) atoms. The van der Waals surface area contributed by atoms with Crippen LogP contribution in [0.25, 0.3) is 23.1 Å². The van der Waals surface area contributed by atoms with Crippen LogP contribution in [0.1, 0.15) is 11.3 Å². The summed E-state index contributed by atoms with van der Waals surface area (Å²) >= 11 is 1.62. The summed E-state index contributed by atoms with van der Waals surface area (Å²) in [5.74, 6) is 0.278. The Labute approximate surface area is 158 Å². The average Bonchev–Trinajstić information content (AvgIpc) is 3.32. The van der Waals surface area contributed by atoms with Gasteiger partial charge in [0.25, 0.3) is 0 Å². The molecule has 2 heterocycles. The first-order valence-corrected chi connectivity index (χ1v) is 9.49. The van der Waals surface area contributed by atoms with Gasteiger partial charge in [0.15, 0.2) is 0 Å². The van der Waals surface area contributed by atoms with E-state index in [9.17, 15) is 13.6 Å². The molecule has 8 heteroatoms. The minimum Gasteiger partial charge on any atom is -0.322 e. The topological polar surface area (TPSA) is 69.8 Å². The van der Waals surface area contributed by atoms with Gasteiger partial charge in [-0.3, -0.25) is 15.2 Å². The third-order valence-corrected chi connectivity index (χ3v) is 5.21. The number of carbonyl (C=O) groups excluding carboxylic acids is 1. The number of thioether (sulfide) groups is 1. The third kappa shape index (κ3) is 3.86.